The fourth-order valence-electron chi connectivity index (χ4n) is 1.91. The maximum atomic E-state index is 12.3. The molecule has 3 aromatic rings. The highest BCUT2D eigenvalue weighted by atomic mass is 79.9. The van der Waals surface area contributed by atoms with E-state index in [0.717, 1.165) is 13.9 Å². The summed E-state index contributed by atoms with van der Waals surface area (Å²) < 4.78 is 4.21. The van der Waals surface area contributed by atoms with Gasteiger partial charge in [-0.25, -0.2) is 0 Å². The summed E-state index contributed by atoms with van der Waals surface area (Å²) in [6.07, 6.45) is 3.62. The molecule has 1 aromatic carbocycles. The van der Waals surface area contributed by atoms with E-state index in [-0.39, 0.29) is 5.91 Å². The second-order valence-electron chi connectivity index (χ2n) is 4.37. The third kappa shape index (κ3) is 3.24. The van der Waals surface area contributed by atoms with Crippen LogP contribution in [0.15, 0.2) is 51.0 Å². The Balaban J connectivity index is 1.85. The van der Waals surface area contributed by atoms with Crippen LogP contribution >= 0.6 is 55.4 Å². The van der Waals surface area contributed by atoms with Gasteiger partial charge in [-0.1, -0.05) is 6.07 Å². The molecule has 8 heteroatoms. The summed E-state index contributed by atoms with van der Waals surface area (Å²) in [4.78, 5) is 15.8. The van der Waals surface area contributed by atoms with E-state index in [4.69, 9.17) is 12.2 Å². The molecule has 0 saturated carbocycles. The number of aromatic amines is 1. The number of hydrogen-bond acceptors (Lipinski definition) is 3. The van der Waals surface area contributed by atoms with Crippen molar-refractivity contribution < 1.29 is 4.79 Å². The van der Waals surface area contributed by atoms with E-state index >= 15 is 0 Å². The molecule has 0 aliphatic carbocycles. The first-order valence-electron chi connectivity index (χ1n) is 6.17. The number of anilines is 1. The molecular formula is C14H9Br2N3OS2. The van der Waals surface area contributed by atoms with Gasteiger partial charge in [-0.3, -0.25) is 9.36 Å². The zero-order valence-electron chi connectivity index (χ0n) is 11.0. The van der Waals surface area contributed by atoms with Crippen molar-refractivity contribution in [2.24, 2.45) is 0 Å². The second kappa shape index (κ2) is 6.49. The van der Waals surface area contributed by atoms with Crippen LogP contribution in [0.1, 0.15) is 9.67 Å². The van der Waals surface area contributed by atoms with Crippen molar-refractivity contribution in [3.63, 3.8) is 0 Å². The maximum absolute atomic E-state index is 12.3. The molecule has 0 bridgehead atoms. The minimum Gasteiger partial charge on any atom is -0.337 e. The molecule has 3 rings (SSSR count). The fraction of sp³-hybridized carbons (Fsp3) is 0. The predicted molar refractivity (Wildman–Crippen MR) is 98.6 cm³/mol. The molecule has 0 fully saturated rings. The zero-order chi connectivity index (χ0) is 15.7. The Morgan fingerprint density at radius 1 is 1.32 bits per heavy atom. The number of H-pyrrole nitrogens is 1. The molecule has 1 amide bonds. The average molecular weight is 459 g/mol. The highest BCUT2D eigenvalue weighted by Gasteiger charge is 2.12. The number of imidazole rings is 1. The Kier molecular flexibility index (Phi) is 4.62. The van der Waals surface area contributed by atoms with Gasteiger partial charge in [-0.05, 0) is 68.3 Å². The monoisotopic (exact) mass is 457 g/mol. The molecule has 0 spiro atoms. The first-order chi connectivity index (χ1) is 10.5. The summed E-state index contributed by atoms with van der Waals surface area (Å²) in [5.41, 5.74) is 1.60. The van der Waals surface area contributed by atoms with Crippen molar-refractivity contribution in [3.8, 4) is 5.69 Å². The lowest BCUT2D eigenvalue weighted by Gasteiger charge is -2.07. The highest BCUT2D eigenvalue weighted by Crippen LogP contribution is 2.32. The number of nitrogens with zero attached hydrogens (tertiary/aromatic N) is 1. The van der Waals surface area contributed by atoms with Crippen LogP contribution in [0.25, 0.3) is 5.69 Å². The lowest BCUT2D eigenvalue weighted by atomic mass is 10.2. The molecule has 0 unspecified atom stereocenters. The molecule has 2 aromatic heterocycles. The lowest BCUT2D eigenvalue weighted by molar-refractivity contribution is 0.103. The third-order valence-corrected chi connectivity index (χ3v) is 6.47. The molecular weight excluding hydrogens is 450 g/mol. The molecule has 0 aliphatic heterocycles. The molecule has 112 valence electrons. The van der Waals surface area contributed by atoms with E-state index in [0.29, 0.717) is 15.3 Å². The van der Waals surface area contributed by atoms with Gasteiger partial charge in [0.15, 0.2) is 4.77 Å². The van der Waals surface area contributed by atoms with Gasteiger partial charge in [-0.2, -0.15) is 0 Å². The number of carbonyl (C=O) groups is 1. The SMILES string of the molecule is O=C(Nc1cccc(-n2cc[nH]c2=S)c1)c1cc(Br)c(Br)s1. The minimum absolute atomic E-state index is 0.147. The first kappa shape index (κ1) is 15.7. The van der Waals surface area contributed by atoms with Gasteiger partial charge in [0.25, 0.3) is 5.91 Å². The van der Waals surface area contributed by atoms with Crippen molar-refractivity contribution in [2.75, 3.05) is 5.32 Å². The largest absolute Gasteiger partial charge is 0.337 e. The standard InChI is InChI=1S/C14H9Br2N3OS2/c15-10-7-11(22-12(10)16)13(20)18-8-2-1-3-9(6-8)19-5-4-17-14(19)21/h1-7H,(H,17,21)(H,18,20). The van der Waals surface area contributed by atoms with Crippen LogP contribution in [0.5, 0.6) is 0 Å². The van der Waals surface area contributed by atoms with Crippen LogP contribution < -0.4 is 5.32 Å². The van der Waals surface area contributed by atoms with Crippen molar-refractivity contribution in [2.45, 2.75) is 0 Å². The normalized spacial score (nSPS) is 10.6. The van der Waals surface area contributed by atoms with Gasteiger partial charge >= 0.3 is 0 Å². The number of rotatable bonds is 3. The van der Waals surface area contributed by atoms with Crippen LogP contribution in [0, 0.1) is 4.77 Å². The number of halogens is 2. The number of hydrogen-bond donors (Lipinski definition) is 2. The Morgan fingerprint density at radius 3 is 2.77 bits per heavy atom. The minimum atomic E-state index is -0.147. The molecule has 0 atom stereocenters. The smallest absolute Gasteiger partial charge is 0.265 e. The van der Waals surface area contributed by atoms with Gasteiger partial charge in [0.2, 0.25) is 0 Å². The molecule has 0 radical (unpaired) electrons. The summed E-state index contributed by atoms with van der Waals surface area (Å²) in [5.74, 6) is -0.147. The molecule has 4 nitrogen and oxygen atoms in total. The van der Waals surface area contributed by atoms with Crippen LogP contribution in [-0.2, 0) is 0 Å². The van der Waals surface area contributed by atoms with Crippen molar-refractivity contribution in [1.29, 1.82) is 0 Å². The number of amides is 1. The topological polar surface area (TPSA) is 49.8 Å². The van der Waals surface area contributed by atoms with Crippen molar-refractivity contribution in [3.05, 3.63) is 60.6 Å². The third-order valence-electron chi connectivity index (χ3n) is 2.90. The number of thiophene rings is 1. The number of aromatic nitrogens is 2. The fourth-order valence-corrected chi connectivity index (χ4v) is 4.07. The quantitative estimate of drug-likeness (QED) is 0.518. The van der Waals surface area contributed by atoms with E-state index in [1.807, 2.05) is 35.0 Å². The van der Waals surface area contributed by atoms with Crippen LogP contribution in [0.2, 0.25) is 0 Å². The van der Waals surface area contributed by atoms with Gasteiger partial charge in [0, 0.05) is 28.2 Å². The number of benzene rings is 1. The molecule has 0 saturated heterocycles. The van der Waals surface area contributed by atoms with E-state index in [9.17, 15) is 4.79 Å². The summed E-state index contributed by atoms with van der Waals surface area (Å²) in [5, 5.41) is 2.89. The maximum Gasteiger partial charge on any atom is 0.265 e. The Labute approximate surface area is 152 Å². The number of carbonyl (C=O) groups excluding carboxylic acids is 1. The van der Waals surface area contributed by atoms with E-state index in [1.165, 1.54) is 11.3 Å². The van der Waals surface area contributed by atoms with E-state index in [2.05, 4.69) is 42.2 Å². The summed E-state index contributed by atoms with van der Waals surface area (Å²) in [7, 11) is 0. The van der Waals surface area contributed by atoms with Gasteiger partial charge < -0.3 is 10.3 Å². The molecule has 0 aliphatic rings. The molecule has 2 N–H and O–H groups in total. The van der Waals surface area contributed by atoms with Crippen LogP contribution in [0.4, 0.5) is 5.69 Å². The Bertz CT molecular complexity index is 878. The summed E-state index contributed by atoms with van der Waals surface area (Å²) in [6, 6.07) is 9.31. The van der Waals surface area contributed by atoms with Crippen LogP contribution in [0.3, 0.4) is 0 Å². The van der Waals surface area contributed by atoms with E-state index < -0.39 is 0 Å². The van der Waals surface area contributed by atoms with Gasteiger partial charge in [0.05, 0.1) is 8.66 Å². The Hall–Kier alpha value is -1.22. The van der Waals surface area contributed by atoms with Gasteiger partial charge in [-0.15, -0.1) is 11.3 Å². The van der Waals surface area contributed by atoms with E-state index in [1.54, 1.807) is 12.3 Å². The first-order valence-corrected chi connectivity index (χ1v) is 8.98. The highest BCUT2D eigenvalue weighted by molar-refractivity contribution is 9.13. The zero-order valence-corrected chi connectivity index (χ0v) is 15.8. The molecule has 2 heterocycles. The van der Waals surface area contributed by atoms with Crippen molar-refractivity contribution >= 4 is 67.0 Å². The second-order valence-corrected chi connectivity index (χ2v) is 7.98. The van der Waals surface area contributed by atoms with Crippen molar-refractivity contribution in [1.82, 2.24) is 9.55 Å². The average Bonchev–Trinajstić information content (AvgIpc) is 3.06. The summed E-state index contributed by atoms with van der Waals surface area (Å²) >= 11 is 13.3. The van der Waals surface area contributed by atoms with Crippen LogP contribution in [-0.4, -0.2) is 15.5 Å². The molecule has 22 heavy (non-hydrogen) atoms. The lowest BCUT2D eigenvalue weighted by Crippen LogP contribution is -2.10. The Morgan fingerprint density at radius 2 is 2.14 bits per heavy atom. The predicted octanol–water partition coefficient (Wildman–Crippen LogP) is 5.37. The van der Waals surface area contributed by atoms with Gasteiger partial charge in [0.1, 0.15) is 0 Å². The number of nitrogens with one attached hydrogen (secondary N) is 2. The summed E-state index contributed by atoms with van der Waals surface area (Å²) in [6.45, 7) is 0.